The molecule has 0 bridgehead atoms. The maximum atomic E-state index is 13.6. The first kappa shape index (κ1) is 15.0. The molecule has 116 valence electrons. The second kappa shape index (κ2) is 5.70. The van der Waals surface area contributed by atoms with Crippen molar-refractivity contribution < 1.29 is 12.8 Å². The second-order valence-electron chi connectivity index (χ2n) is 5.44. The van der Waals surface area contributed by atoms with Crippen LogP contribution in [0.4, 0.5) is 10.1 Å². The minimum atomic E-state index is -3.12. The molecule has 6 heteroatoms. The summed E-state index contributed by atoms with van der Waals surface area (Å²) in [7, 11) is -3.12. The fourth-order valence-corrected chi connectivity index (χ4v) is 4.13. The van der Waals surface area contributed by atoms with Crippen molar-refractivity contribution in [2.45, 2.75) is 13.0 Å². The highest BCUT2D eigenvalue weighted by Crippen LogP contribution is 2.25. The van der Waals surface area contributed by atoms with Crippen LogP contribution in [-0.4, -0.2) is 25.0 Å². The molecule has 1 fully saturated rings. The van der Waals surface area contributed by atoms with Crippen LogP contribution in [0.1, 0.15) is 12.0 Å². The van der Waals surface area contributed by atoms with Crippen LogP contribution in [-0.2, 0) is 16.6 Å². The third-order valence-electron chi connectivity index (χ3n) is 3.82. The van der Waals surface area contributed by atoms with Crippen molar-refractivity contribution in [3.8, 4) is 11.1 Å². The Morgan fingerprint density at radius 1 is 1.14 bits per heavy atom. The van der Waals surface area contributed by atoms with Crippen molar-refractivity contribution in [1.82, 2.24) is 4.31 Å². The molecule has 0 radical (unpaired) electrons. The number of hydrogen-bond donors (Lipinski definition) is 1. The zero-order valence-corrected chi connectivity index (χ0v) is 12.8. The highest BCUT2D eigenvalue weighted by Gasteiger charge is 2.27. The number of nitrogens with zero attached hydrogens (tertiary/aromatic N) is 1. The minimum absolute atomic E-state index is 0.114. The number of anilines is 1. The zero-order valence-electron chi connectivity index (χ0n) is 12.0. The molecule has 0 amide bonds. The lowest BCUT2D eigenvalue weighted by Crippen LogP contribution is -2.25. The van der Waals surface area contributed by atoms with E-state index in [1.807, 2.05) is 24.3 Å². The third kappa shape index (κ3) is 2.98. The van der Waals surface area contributed by atoms with E-state index in [1.54, 1.807) is 6.07 Å². The topological polar surface area (TPSA) is 63.4 Å². The summed E-state index contributed by atoms with van der Waals surface area (Å²) in [6.07, 6.45) is 0.672. The lowest BCUT2D eigenvalue weighted by atomic mass is 10.0. The number of nitrogen functional groups attached to an aromatic ring is 1. The molecular formula is C16H17FN2O2S. The van der Waals surface area contributed by atoms with E-state index in [0.717, 1.165) is 16.7 Å². The molecule has 2 aromatic rings. The molecular weight excluding hydrogens is 303 g/mol. The molecule has 0 aromatic heterocycles. The van der Waals surface area contributed by atoms with E-state index in [4.69, 9.17) is 5.73 Å². The van der Waals surface area contributed by atoms with Crippen LogP contribution in [0.2, 0.25) is 0 Å². The number of rotatable bonds is 3. The molecule has 0 atom stereocenters. The highest BCUT2D eigenvalue weighted by molar-refractivity contribution is 7.89. The maximum absolute atomic E-state index is 13.6. The van der Waals surface area contributed by atoms with Crippen molar-refractivity contribution in [3.05, 3.63) is 53.8 Å². The monoisotopic (exact) mass is 320 g/mol. The zero-order chi connectivity index (χ0) is 15.7. The number of hydrogen-bond acceptors (Lipinski definition) is 3. The van der Waals surface area contributed by atoms with Crippen molar-refractivity contribution in [2.75, 3.05) is 18.0 Å². The average Bonchev–Trinajstić information content (AvgIpc) is 2.81. The van der Waals surface area contributed by atoms with E-state index in [2.05, 4.69) is 0 Å². The molecule has 1 aliphatic heterocycles. The van der Waals surface area contributed by atoms with Crippen molar-refractivity contribution in [1.29, 1.82) is 0 Å². The van der Waals surface area contributed by atoms with Gasteiger partial charge in [0.1, 0.15) is 5.82 Å². The van der Waals surface area contributed by atoms with Crippen LogP contribution in [0, 0.1) is 5.82 Å². The van der Waals surface area contributed by atoms with Gasteiger partial charge in [0.25, 0.3) is 0 Å². The van der Waals surface area contributed by atoms with E-state index in [-0.39, 0.29) is 11.4 Å². The van der Waals surface area contributed by atoms with Gasteiger partial charge in [-0.1, -0.05) is 24.3 Å². The fourth-order valence-electron chi connectivity index (χ4n) is 2.63. The Morgan fingerprint density at radius 3 is 2.59 bits per heavy atom. The van der Waals surface area contributed by atoms with E-state index < -0.39 is 15.8 Å². The number of nitrogens with two attached hydrogens (primary N) is 1. The molecule has 3 rings (SSSR count). The van der Waals surface area contributed by atoms with Crippen molar-refractivity contribution in [3.63, 3.8) is 0 Å². The summed E-state index contributed by atoms with van der Waals surface area (Å²) < 4.78 is 38.8. The van der Waals surface area contributed by atoms with Gasteiger partial charge in [-0.3, -0.25) is 0 Å². The molecule has 4 nitrogen and oxygen atoms in total. The van der Waals surface area contributed by atoms with Crippen LogP contribution in [0.25, 0.3) is 11.1 Å². The number of benzene rings is 2. The highest BCUT2D eigenvalue weighted by atomic mass is 32.2. The molecule has 1 saturated heterocycles. The predicted octanol–water partition coefficient (Wildman–Crippen LogP) is 2.61. The lowest BCUT2D eigenvalue weighted by Gasteiger charge is -2.15. The molecule has 0 unspecified atom stereocenters. The van der Waals surface area contributed by atoms with Gasteiger partial charge in [0.15, 0.2) is 0 Å². The van der Waals surface area contributed by atoms with Crippen molar-refractivity contribution in [2.24, 2.45) is 0 Å². The molecule has 1 aliphatic rings. The van der Waals surface area contributed by atoms with Gasteiger partial charge in [0, 0.05) is 13.1 Å². The van der Waals surface area contributed by atoms with Gasteiger partial charge in [0.2, 0.25) is 10.0 Å². The molecule has 2 N–H and O–H groups in total. The summed E-state index contributed by atoms with van der Waals surface area (Å²) in [4.78, 5) is 0. The minimum Gasteiger partial charge on any atom is -0.396 e. The quantitative estimate of drug-likeness (QED) is 0.884. The van der Waals surface area contributed by atoms with E-state index >= 15 is 0 Å². The first-order chi connectivity index (χ1) is 10.5. The molecule has 0 saturated carbocycles. The summed E-state index contributed by atoms with van der Waals surface area (Å²) in [6.45, 7) is 0.913. The Labute approximate surface area is 129 Å². The molecule has 22 heavy (non-hydrogen) atoms. The Bertz CT molecular complexity index is 806. The molecule has 0 aliphatic carbocycles. The molecule has 1 heterocycles. The summed E-state index contributed by atoms with van der Waals surface area (Å²) >= 11 is 0. The van der Waals surface area contributed by atoms with Gasteiger partial charge in [-0.2, -0.15) is 4.31 Å². The Balaban J connectivity index is 1.88. The summed E-state index contributed by atoms with van der Waals surface area (Å²) in [5.74, 6) is -0.236. The number of sulfonamides is 1. The standard InChI is InChI=1S/C16H17FN2O2S/c17-15-10-14(5-6-16(15)18)13-4-1-3-12(9-13)11-19-7-2-8-22(19,20)21/h1,3-6,9-10H,2,7-8,11,18H2. The maximum Gasteiger partial charge on any atom is 0.214 e. The Kier molecular flexibility index (Phi) is 3.88. The normalized spacial score (nSPS) is 17.7. The third-order valence-corrected chi connectivity index (χ3v) is 5.73. The van der Waals surface area contributed by atoms with Crippen molar-refractivity contribution >= 4 is 15.7 Å². The largest absolute Gasteiger partial charge is 0.396 e. The van der Waals surface area contributed by atoms with Gasteiger partial charge in [-0.05, 0) is 41.3 Å². The lowest BCUT2D eigenvalue weighted by molar-refractivity contribution is 0.440. The average molecular weight is 320 g/mol. The van der Waals surface area contributed by atoms with Crippen LogP contribution >= 0.6 is 0 Å². The van der Waals surface area contributed by atoms with E-state index in [1.165, 1.54) is 16.4 Å². The Hall–Kier alpha value is -1.92. The van der Waals surface area contributed by atoms with Gasteiger partial charge in [-0.25, -0.2) is 12.8 Å². The van der Waals surface area contributed by atoms with Crippen LogP contribution < -0.4 is 5.73 Å². The first-order valence-electron chi connectivity index (χ1n) is 7.08. The smallest absolute Gasteiger partial charge is 0.214 e. The Morgan fingerprint density at radius 2 is 1.91 bits per heavy atom. The SMILES string of the molecule is Nc1ccc(-c2cccc(CN3CCCS3(=O)=O)c2)cc1F. The van der Waals surface area contributed by atoms with Crippen LogP contribution in [0.3, 0.4) is 0 Å². The summed E-state index contributed by atoms with van der Waals surface area (Å²) in [6, 6.07) is 12.2. The fraction of sp³-hybridized carbons (Fsp3) is 0.250. The molecule has 2 aromatic carbocycles. The molecule has 0 spiro atoms. The van der Waals surface area contributed by atoms with Gasteiger partial charge < -0.3 is 5.73 Å². The first-order valence-corrected chi connectivity index (χ1v) is 8.69. The van der Waals surface area contributed by atoms with Gasteiger partial charge in [-0.15, -0.1) is 0 Å². The van der Waals surface area contributed by atoms with E-state index in [9.17, 15) is 12.8 Å². The van der Waals surface area contributed by atoms with Gasteiger partial charge in [0.05, 0.1) is 11.4 Å². The summed E-state index contributed by atoms with van der Waals surface area (Å²) in [5, 5.41) is 0. The second-order valence-corrected chi connectivity index (χ2v) is 7.53. The van der Waals surface area contributed by atoms with Crippen LogP contribution in [0.15, 0.2) is 42.5 Å². The van der Waals surface area contributed by atoms with E-state index in [0.29, 0.717) is 19.5 Å². The predicted molar refractivity (Wildman–Crippen MR) is 85.1 cm³/mol. The summed E-state index contributed by atoms with van der Waals surface area (Å²) in [5.41, 5.74) is 8.05. The van der Waals surface area contributed by atoms with Crippen LogP contribution in [0.5, 0.6) is 0 Å². The number of halogens is 1. The van der Waals surface area contributed by atoms with Gasteiger partial charge >= 0.3 is 0 Å².